The minimum absolute atomic E-state index is 0.0949. The highest BCUT2D eigenvalue weighted by Gasteiger charge is 2.75. The van der Waals surface area contributed by atoms with E-state index in [1.165, 1.54) is 4.90 Å². The number of fused-ring (bicyclic) bond motifs is 2. The van der Waals surface area contributed by atoms with E-state index in [-0.39, 0.29) is 32.1 Å². The molecule has 7 atom stereocenters. The number of nitrogens with zero attached hydrogens (tertiary/aromatic N) is 2. The Morgan fingerprint density at radius 3 is 2.46 bits per heavy atom. The minimum Gasteiger partial charge on any atom is -0.463 e. The summed E-state index contributed by atoms with van der Waals surface area (Å²) in [6.07, 6.45) is 5.46. The summed E-state index contributed by atoms with van der Waals surface area (Å²) in [6, 6.07) is 13.4. The first-order valence-electron chi connectivity index (χ1n) is 16.3. The molecule has 254 valence electrons. The van der Waals surface area contributed by atoms with Gasteiger partial charge < -0.3 is 29.7 Å². The maximum Gasteiger partial charge on any atom is 0.306 e. The highest BCUT2D eigenvalue weighted by molar-refractivity contribution is 9.11. The number of amides is 3. The third-order valence-corrected chi connectivity index (χ3v) is 10.5. The number of ether oxygens (including phenoxy) is 2. The molecule has 2 N–H and O–H groups in total. The number of rotatable bonds is 6. The summed E-state index contributed by atoms with van der Waals surface area (Å²) in [5.41, 5.74) is -0.215. The highest BCUT2D eigenvalue weighted by atomic mass is 79.9. The van der Waals surface area contributed by atoms with Crippen LogP contribution in [0.4, 0.5) is 5.69 Å². The molecule has 4 aliphatic heterocycles. The molecule has 2 saturated heterocycles. The van der Waals surface area contributed by atoms with E-state index in [4.69, 9.17) is 21.1 Å². The molecule has 12 heteroatoms. The summed E-state index contributed by atoms with van der Waals surface area (Å²) >= 11 is 9.81. The molecule has 4 heterocycles. The zero-order valence-corrected chi connectivity index (χ0v) is 29.1. The molecule has 5 bridgehead atoms. The second-order valence-corrected chi connectivity index (χ2v) is 14.5. The zero-order valence-electron chi connectivity index (χ0n) is 26.8. The smallest absolute Gasteiger partial charge is 0.306 e. The van der Waals surface area contributed by atoms with Gasteiger partial charge >= 0.3 is 5.97 Å². The molecule has 10 nitrogen and oxygen atoms in total. The van der Waals surface area contributed by atoms with E-state index in [0.29, 0.717) is 28.0 Å². The third kappa shape index (κ3) is 6.33. The lowest BCUT2D eigenvalue weighted by molar-refractivity contribution is -0.146. The van der Waals surface area contributed by atoms with Crippen LogP contribution in [0.3, 0.4) is 0 Å². The monoisotopic (exact) mass is 739 g/mol. The molecule has 2 aromatic carbocycles. The molecule has 2 aromatic rings. The molecule has 48 heavy (non-hydrogen) atoms. The van der Waals surface area contributed by atoms with Crippen LogP contribution < -0.4 is 10.2 Å². The van der Waals surface area contributed by atoms with Gasteiger partial charge in [0.25, 0.3) is 5.91 Å². The van der Waals surface area contributed by atoms with Crippen LogP contribution in [-0.2, 0) is 28.7 Å². The van der Waals surface area contributed by atoms with E-state index in [1.807, 2.05) is 50.3 Å². The number of likely N-dealkylation sites (tertiary alicyclic amines) is 1. The fraction of sp³-hybridized carbons (Fsp3) is 0.444. The van der Waals surface area contributed by atoms with Crippen molar-refractivity contribution in [2.24, 2.45) is 17.8 Å². The Balaban J connectivity index is 1.48. The number of halogens is 2. The van der Waals surface area contributed by atoms with Gasteiger partial charge in [0.05, 0.1) is 30.5 Å². The molecular weight excluding hydrogens is 702 g/mol. The van der Waals surface area contributed by atoms with Crippen molar-refractivity contribution in [2.45, 2.75) is 62.9 Å². The van der Waals surface area contributed by atoms with E-state index in [2.05, 4.69) is 21.2 Å². The predicted molar refractivity (Wildman–Crippen MR) is 183 cm³/mol. The Hall–Kier alpha value is -3.51. The van der Waals surface area contributed by atoms with Crippen LogP contribution in [0.1, 0.15) is 44.7 Å². The van der Waals surface area contributed by atoms with Gasteiger partial charge in [-0.3, -0.25) is 19.2 Å². The van der Waals surface area contributed by atoms with Crippen molar-refractivity contribution in [1.82, 2.24) is 10.2 Å². The van der Waals surface area contributed by atoms with Crippen molar-refractivity contribution in [3.63, 3.8) is 0 Å². The lowest BCUT2D eigenvalue weighted by Gasteiger charge is -2.39. The molecule has 1 spiro atoms. The Morgan fingerprint density at radius 1 is 1.04 bits per heavy atom. The molecule has 0 radical (unpaired) electrons. The number of aliphatic hydroxyl groups is 1. The van der Waals surface area contributed by atoms with Gasteiger partial charge in [-0.05, 0) is 54.7 Å². The fourth-order valence-corrected chi connectivity index (χ4v) is 8.32. The first-order chi connectivity index (χ1) is 23.1. The maximum atomic E-state index is 15.0. The molecular formula is C36H39BrClN3O7. The molecule has 0 aromatic heterocycles. The number of anilines is 1. The van der Waals surface area contributed by atoms with Crippen molar-refractivity contribution in [2.75, 3.05) is 24.7 Å². The number of hydrogen-bond acceptors (Lipinski definition) is 7. The number of nitrogens with one attached hydrogen (secondary N) is 1. The quantitative estimate of drug-likeness (QED) is 0.325. The largest absolute Gasteiger partial charge is 0.463 e. The predicted octanol–water partition coefficient (Wildman–Crippen LogP) is 4.70. The van der Waals surface area contributed by atoms with Gasteiger partial charge in [0.2, 0.25) is 11.8 Å². The van der Waals surface area contributed by atoms with Crippen LogP contribution in [-0.4, -0.2) is 77.2 Å². The summed E-state index contributed by atoms with van der Waals surface area (Å²) in [7, 11) is 0. The van der Waals surface area contributed by atoms with Crippen molar-refractivity contribution >= 4 is 56.9 Å². The highest BCUT2D eigenvalue weighted by Crippen LogP contribution is 2.59. The molecule has 0 aliphatic carbocycles. The second kappa shape index (κ2) is 14.2. The van der Waals surface area contributed by atoms with Crippen molar-refractivity contribution in [3.05, 3.63) is 87.9 Å². The third-order valence-electron chi connectivity index (χ3n) is 9.55. The molecule has 2 fully saturated rings. The molecule has 0 saturated carbocycles. The molecule has 0 unspecified atom stereocenters. The van der Waals surface area contributed by atoms with Gasteiger partial charge in [-0.2, -0.15) is 0 Å². The van der Waals surface area contributed by atoms with Gasteiger partial charge in [0.1, 0.15) is 24.4 Å². The SMILES string of the molecule is CC(C)C[C@H](CO)N1C(=O)[C@@H]2[C@H]3C(=O)N[C@@H](c4ccccc4)COC(=O)CC/C=C\CN(c4ccc(Cl)cc4)C(=O)[C@@H]1[C@]21C=C(Br)[C@H]3O1. The summed E-state index contributed by atoms with van der Waals surface area (Å²) in [4.78, 5) is 59.9. The number of esters is 1. The topological polar surface area (TPSA) is 125 Å². The molecule has 6 rings (SSSR count). The number of hydrogen-bond donors (Lipinski definition) is 2. The van der Waals surface area contributed by atoms with Crippen molar-refractivity contribution < 1.29 is 33.8 Å². The maximum absolute atomic E-state index is 15.0. The van der Waals surface area contributed by atoms with Gasteiger partial charge in [0, 0.05) is 28.2 Å². The summed E-state index contributed by atoms with van der Waals surface area (Å²) < 4.78 is 12.8. The Labute approximate surface area is 293 Å². The normalized spacial score (nSPS) is 30.6. The van der Waals surface area contributed by atoms with Crippen LogP contribution in [0.25, 0.3) is 0 Å². The first-order valence-corrected chi connectivity index (χ1v) is 17.4. The first kappa shape index (κ1) is 34.4. The van der Waals surface area contributed by atoms with Gasteiger partial charge in [-0.1, -0.05) is 83.9 Å². The van der Waals surface area contributed by atoms with E-state index < -0.39 is 65.4 Å². The van der Waals surface area contributed by atoms with Gasteiger partial charge in [-0.25, -0.2) is 0 Å². The van der Waals surface area contributed by atoms with Crippen LogP contribution >= 0.6 is 27.5 Å². The van der Waals surface area contributed by atoms with Crippen molar-refractivity contribution in [3.8, 4) is 0 Å². The molecule has 3 amide bonds. The van der Waals surface area contributed by atoms with E-state index >= 15 is 4.79 Å². The van der Waals surface area contributed by atoms with Crippen LogP contribution in [0, 0.1) is 17.8 Å². The summed E-state index contributed by atoms with van der Waals surface area (Å²) in [5, 5.41) is 14.2. The Kier molecular flexibility index (Phi) is 10.1. The van der Waals surface area contributed by atoms with Crippen LogP contribution in [0.15, 0.2) is 77.3 Å². The number of cyclic esters (lactones) is 1. The van der Waals surface area contributed by atoms with Crippen LogP contribution in [0.2, 0.25) is 5.02 Å². The zero-order chi connectivity index (χ0) is 34.2. The Bertz CT molecular complexity index is 1620. The van der Waals surface area contributed by atoms with E-state index in [1.54, 1.807) is 41.3 Å². The standard InChI is InChI=1S/C36H39BrClN3O7/c1-21(2)17-25(19-42)41-32-35(46)40(24-14-12-23(38)13-15-24)16-8-4-7-11-28(43)47-20-27(22-9-5-3-6-10-22)39-33(44)29-30(34(41)45)36(32)18-26(37)31(29)48-36/h3-6,8-10,12-15,18,21,25,27,29-32,42H,7,11,16-17,19-20H2,1-2H3,(H,39,44)/b8-4-/t25-,27-,29-,30+,31-,32-,36+/m1/s1. The number of benzene rings is 2. The minimum atomic E-state index is -1.48. The summed E-state index contributed by atoms with van der Waals surface area (Å²) in [5.74, 6) is -3.70. The lowest BCUT2D eigenvalue weighted by Crippen LogP contribution is -2.59. The van der Waals surface area contributed by atoms with Gasteiger partial charge in [-0.15, -0.1) is 0 Å². The van der Waals surface area contributed by atoms with E-state index in [9.17, 15) is 19.5 Å². The lowest BCUT2D eigenvalue weighted by atomic mass is 9.74. The number of carbonyl (C=O) groups is 4. The van der Waals surface area contributed by atoms with Crippen LogP contribution in [0.5, 0.6) is 0 Å². The fourth-order valence-electron chi connectivity index (χ4n) is 7.46. The van der Waals surface area contributed by atoms with Crippen molar-refractivity contribution in [1.29, 1.82) is 0 Å². The molecule has 4 aliphatic rings. The number of carbonyl (C=O) groups excluding carboxylic acids is 4. The second-order valence-electron chi connectivity index (χ2n) is 13.1. The summed E-state index contributed by atoms with van der Waals surface area (Å²) in [6.45, 7) is 3.62. The number of aliphatic hydroxyl groups excluding tert-OH is 1. The number of allylic oxidation sites excluding steroid dienone is 1. The average molecular weight is 741 g/mol. The van der Waals surface area contributed by atoms with Gasteiger partial charge in [0.15, 0.2) is 0 Å². The average Bonchev–Trinajstić information content (AvgIpc) is 3.67. The Morgan fingerprint density at radius 2 is 1.77 bits per heavy atom. The van der Waals surface area contributed by atoms with E-state index in [0.717, 1.165) is 5.56 Å².